The van der Waals surface area contributed by atoms with Gasteiger partial charge in [0.25, 0.3) is 5.91 Å². The molecule has 0 atom stereocenters. The molecule has 0 radical (unpaired) electrons. The molecule has 0 fully saturated rings. The van der Waals surface area contributed by atoms with E-state index in [1.807, 2.05) is 0 Å². The SMILES string of the molecule is O=C(CSc1cccc(NC(=O)c2cccc3cccc(C(=O)O)c23)c1)Nc1ccccc1C(F)(F)F. The van der Waals surface area contributed by atoms with Gasteiger partial charge in [0.05, 0.1) is 22.6 Å². The summed E-state index contributed by atoms with van der Waals surface area (Å²) in [7, 11) is 0. The minimum absolute atomic E-state index is 0.00525. The number of carboxylic acid groups (broad SMARTS) is 1. The van der Waals surface area contributed by atoms with E-state index in [0.29, 0.717) is 21.4 Å². The minimum Gasteiger partial charge on any atom is -0.478 e. The summed E-state index contributed by atoms with van der Waals surface area (Å²) in [6.45, 7) is 0. The van der Waals surface area contributed by atoms with Gasteiger partial charge in [0.1, 0.15) is 0 Å². The van der Waals surface area contributed by atoms with E-state index in [1.165, 1.54) is 30.3 Å². The minimum atomic E-state index is -4.60. The number of benzene rings is 4. The van der Waals surface area contributed by atoms with E-state index >= 15 is 0 Å². The molecule has 0 aliphatic rings. The lowest BCUT2D eigenvalue weighted by molar-refractivity contribution is -0.137. The topological polar surface area (TPSA) is 95.5 Å². The normalized spacial score (nSPS) is 11.2. The van der Waals surface area contributed by atoms with Crippen molar-refractivity contribution in [3.63, 3.8) is 0 Å². The van der Waals surface area contributed by atoms with Crippen LogP contribution in [0.4, 0.5) is 24.5 Å². The Labute approximate surface area is 213 Å². The Hall–Kier alpha value is -4.31. The molecule has 0 aromatic heterocycles. The molecule has 0 heterocycles. The van der Waals surface area contributed by atoms with Gasteiger partial charge in [-0.1, -0.05) is 42.5 Å². The van der Waals surface area contributed by atoms with E-state index < -0.39 is 29.5 Å². The van der Waals surface area contributed by atoms with Crippen LogP contribution in [0.1, 0.15) is 26.3 Å². The highest BCUT2D eigenvalue weighted by Gasteiger charge is 2.33. The first-order valence-corrected chi connectivity index (χ1v) is 11.9. The number of amides is 2. The van der Waals surface area contributed by atoms with Crippen LogP contribution in [0.3, 0.4) is 0 Å². The van der Waals surface area contributed by atoms with Crippen molar-refractivity contribution in [1.29, 1.82) is 0 Å². The molecule has 3 N–H and O–H groups in total. The fraction of sp³-hybridized carbons (Fsp3) is 0.0741. The first kappa shape index (κ1) is 25.8. The van der Waals surface area contributed by atoms with Crippen molar-refractivity contribution >= 4 is 51.7 Å². The standard InChI is InChI=1S/C27H19F3N2O4S/c28-27(29,30)21-12-1-2-13-22(21)32-23(33)15-37-18-9-5-8-17(14-18)31-25(34)19-10-3-6-16-7-4-11-20(24(16)19)26(35)36/h1-14H,15H2,(H,31,34)(H,32,33)(H,35,36). The highest BCUT2D eigenvalue weighted by molar-refractivity contribution is 8.00. The van der Waals surface area contributed by atoms with Crippen molar-refractivity contribution in [3.05, 3.63) is 102 Å². The summed E-state index contributed by atoms with van der Waals surface area (Å²) in [5.74, 6) is -2.44. The number of rotatable bonds is 7. The summed E-state index contributed by atoms with van der Waals surface area (Å²) in [4.78, 5) is 37.6. The number of halogens is 3. The van der Waals surface area contributed by atoms with Gasteiger partial charge in [-0.25, -0.2) is 4.79 Å². The van der Waals surface area contributed by atoms with Gasteiger partial charge in [0, 0.05) is 21.5 Å². The number of thioether (sulfide) groups is 1. The number of carbonyl (C=O) groups excluding carboxylic acids is 2. The lowest BCUT2D eigenvalue weighted by atomic mass is 9.98. The molecule has 0 bridgehead atoms. The maximum Gasteiger partial charge on any atom is 0.418 e. The van der Waals surface area contributed by atoms with Crippen molar-refractivity contribution < 1.29 is 32.7 Å². The average Bonchev–Trinajstić information content (AvgIpc) is 2.86. The zero-order valence-electron chi connectivity index (χ0n) is 19.0. The molecule has 2 amide bonds. The first-order chi connectivity index (χ1) is 17.6. The fourth-order valence-electron chi connectivity index (χ4n) is 3.74. The smallest absolute Gasteiger partial charge is 0.418 e. The van der Waals surface area contributed by atoms with Gasteiger partial charge in [0.2, 0.25) is 5.91 Å². The number of para-hydroxylation sites is 1. The van der Waals surface area contributed by atoms with Crippen LogP contribution in [0.25, 0.3) is 10.8 Å². The number of carbonyl (C=O) groups is 3. The number of hydrogen-bond donors (Lipinski definition) is 3. The second-order valence-corrected chi connectivity index (χ2v) is 8.93. The summed E-state index contributed by atoms with van der Waals surface area (Å²) in [6, 6.07) is 21.0. The van der Waals surface area contributed by atoms with Gasteiger partial charge in [-0.05, 0) is 47.9 Å². The van der Waals surface area contributed by atoms with Crippen LogP contribution < -0.4 is 10.6 Å². The third-order valence-electron chi connectivity index (χ3n) is 5.35. The predicted molar refractivity (Wildman–Crippen MR) is 136 cm³/mol. The summed E-state index contributed by atoms with van der Waals surface area (Å²) in [5, 5.41) is 15.5. The fourth-order valence-corrected chi connectivity index (χ4v) is 4.50. The summed E-state index contributed by atoms with van der Waals surface area (Å²) in [6.07, 6.45) is -4.60. The molecule has 0 spiro atoms. The molecule has 4 rings (SSSR count). The molecule has 0 unspecified atom stereocenters. The maximum absolute atomic E-state index is 13.1. The monoisotopic (exact) mass is 524 g/mol. The number of alkyl halides is 3. The van der Waals surface area contributed by atoms with Crippen molar-refractivity contribution in [2.24, 2.45) is 0 Å². The molecule has 0 aliphatic carbocycles. The van der Waals surface area contributed by atoms with Gasteiger partial charge in [0.15, 0.2) is 0 Å². The van der Waals surface area contributed by atoms with Gasteiger partial charge in [-0.15, -0.1) is 11.8 Å². The zero-order valence-corrected chi connectivity index (χ0v) is 19.8. The Kier molecular flexibility index (Phi) is 7.49. The third kappa shape index (κ3) is 6.10. The highest BCUT2D eigenvalue weighted by atomic mass is 32.2. The van der Waals surface area contributed by atoms with E-state index in [0.717, 1.165) is 17.8 Å². The van der Waals surface area contributed by atoms with E-state index in [4.69, 9.17) is 0 Å². The predicted octanol–water partition coefficient (Wildman–Crippen LogP) is 6.54. The summed E-state index contributed by atoms with van der Waals surface area (Å²) >= 11 is 1.08. The van der Waals surface area contributed by atoms with Crippen LogP contribution in [-0.4, -0.2) is 28.6 Å². The van der Waals surface area contributed by atoms with E-state index in [-0.39, 0.29) is 22.6 Å². The van der Waals surface area contributed by atoms with E-state index in [1.54, 1.807) is 48.5 Å². The van der Waals surface area contributed by atoms with Gasteiger partial charge in [-0.3, -0.25) is 9.59 Å². The highest BCUT2D eigenvalue weighted by Crippen LogP contribution is 2.34. The Morgan fingerprint density at radius 3 is 2.19 bits per heavy atom. The molecule has 10 heteroatoms. The molecule has 37 heavy (non-hydrogen) atoms. The first-order valence-electron chi connectivity index (χ1n) is 10.9. The number of anilines is 2. The van der Waals surface area contributed by atoms with Gasteiger partial charge in [-0.2, -0.15) is 13.2 Å². The molecule has 4 aromatic carbocycles. The Bertz CT molecular complexity index is 1500. The number of aromatic carboxylic acids is 1. The van der Waals surface area contributed by atoms with Gasteiger partial charge < -0.3 is 15.7 Å². The Morgan fingerprint density at radius 1 is 0.811 bits per heavy atom. The molecule has 4 aromatic rings. The van der Waals surface area contributed by atoms with Crippen molar-refractivity contribution in [2.75, 3.05) is 16.4 Å². The van der Waals surface area contributed by atoms with Crippen LogP contribution in [0.5, 0.6) is 0 Å². The zero-order chi connectivity index (χ0) is 26.6. The number of carboxylic acids is 1. The van der Waals surface area contributed by atoms with Crippen LogP contribution in [0, 0.1) is 0 Å². The summed E-state index contributed by atoms with van der Waals surface area (Å²) < 4.78 is 39.4. The van der Waals surface area contributed by atoms with Gasteiger partial charge >= 0.3 is 12.1 Å². The van der Waals surface area contributed by atoms with Crippen LogP contribution in [-0.2, 0) is 11.0 Å². The van der Waals surface area contributed by atoms with Crippen molar-refractivity contribution in [1.82, 2.24) is 0 Å². The number of fused-ring (bicyclic) bond motifs is 1. The van der Waals surface area contributed by atoms with Crippen LogP contribution in [0.15, 0.2) is 89.8 Å². The molecular formula is C27H19F3N2O4S. The molecule has 188 valence electrons. The van der Waals surface area contributed by atoms with Crippen molar-refractivity contribution in [3.8, 4) is 0 Å². The Balaban J connectivity index is 1.46. The Morgan fingerprint density at radius 2 is 1.49 bits per heavy atom. The molecule has 0 saturated heterocycles. The number of hydrogen-bond acceptors (Lipinski definition) is 4. The average molecular weight is 525 g/mol. The largest absolute Gasteiger partial charge is 0.478 e. The third-order valence-corrected chi connectivity index (χ3v) is 6.34. The molecular weight excluding hydrogens is 505 g/mol. The summed E-state index contributed by atoms with van der Waals surface area (Å²) in [5.41, 5.74) is -0.653. The maximum atomic E-state index is 13.1. The number of nitrogens with one attached hydrogen (secondary N) is 2. The van der Waals surface area contributed by atoms with E-state index in [9.17, 15) is 32.7 Å². The quantitative estimate of drug-likeness (QED) is 0.239. The lowest BCUT2D eigenvalue weighted by Crippen LogP contribution is -2.18. The second-order valence-electron chi connectivity index (χ2n) is 7.88. The molecule has 0 aliphatic heterocycles. The van der Waals surface area contributed by atoms with E-state index in [2.05, 4.69) is 10.6 Å². The molecule has 6 nitrogen and oxygen atoms in total. The van der Waals surface area contributed by atoms with Crippen LogP contribution in [0.2, 0.25) is 0 Å². The van der Waals surface area contributed by atoms with Crippen LogP contribution >= 0.6 is 11.8 Å². The van der Waals surface area contributed by atoms with Crippen molar-refractivity contribution in [2.45, 2.75) is 11.1 Å². The lowest BCUT2D eigenvalue weighted by Gasteiger charge is -2.13. The molecule has 0 saturated carbocycles. The second kappa shape index (κ2) is 10.8.